The fourth-order valence-corrected chi connectivity index (χ4v) is 4.10. The third kappa shape index (κ3) is 9.45. The van der Waals surface area contributed by atoms with E-state index in [9.17, 15) is 5.11 Å². The molecule has 140 valence electrons. The summed E-state index contributed by atoms with van der Waals surface area (Å²) in [5.74, 6) is 0. The summed E-state index contributed by atoms with van der Waals surface area (Å²) in [7, 11) is 4.41. The lowest BCUT2D eigenvalue weighted by atomic mass is 9.76. The lowest BCUT2D eigenvalue weighted by molar-refractivity contribution is 0.0290. The standard InChI is InChI=1S/C20H41NO.BrH/c1-4-5-6-7-8-9-10-12-15-19(22)18-20(21(2)3)16-13-11-14-17-20;/h19,22H,4-18H2,1-3H3;1H. The van der Waals surface area contributed by atoms with Crippen LogP contribution in [0, 0.1) is 0 Å². The van der Waals surface area contributed by atoms with Gasteiger partial charge in [0.1, 0.15) is 0 Å². The average molecular weight is 392 g/mol. The highest BCUT2D eigenvalue weighted by molar-refractivity contribution is 8.93. The Morgan fingerprint density at radius 2 is 1.39 bits per heavy atom. The van der Waals surface area contributed by atoms with E-state index in [0.717, 1.165) is 12.8 Å². The second-order valence-corrected chi connectivity index (χ2v) is 7.80. The second kappa shape index (κ2) is 13.7. The van der Waals surface area contributed by atoms with Crippen molar-refractivity contribution >= 4 is 17.0 Å². The summed E-state index contributed by atoms with van der Waals surface area (Å²) < 4.78 is 0. The van der Waals surface area contributed by atoms with Crippen LogP contribution in [0.4, 0.5) is 0 Å². The highest BCUT2D eigenvalue weighted by Gasteiger charge is 2.35. The van der Waals surface area contributed by atoms with Crippen LogP contribution in [-0.2, 0) is 0 Å². The van der Waals surface area contributed by atoms with Crippen LogP contribution in [0.5, 0.6) is 0 Å². The lowest BCUT2D eigenvalue weighted by Gasteiger charge is -2.44. The number of hydrogen-bond donors (Lipinski definition) is 1. The van der Waals surface area contributed by atoms with Crippen molar-refractivity contribution in [2.75, 3.05) is 14.1 Å². The molecular formula is C20H42BrNO. The zero-order valence-corrected chi connectivity index (χ0v) is 17.7. The predicted molar refractivity (Wildman–Crippen MR) is 108 cm³/mol. The van der Waals surface area contributed by atoms with E-state index < -0.39 is 0 Å². The molecule has 2 nitrogen and oxygen atoms in total. The van der Waals surface area contributed by atoms with Gasteiger partial charge < -0.3 is 10.0 Å². The Morgan fingerprint density at radius 1 is 0.870 bits per heavy atom. The maximum atomic E-state index is 10.5. The molecule has 0 heterocycles. The van der Waals surface area contributed by atoms with Gasteiger partial charge in [-0.2, -0.15) is 0 Å². The van der Waals surface area contributed by atoms with E-state index >= 15 is 0 Å². The van der Waals surface area contributed by atoms with Crippen molar-refractivity contribution in [1.82, 2.24) is 4.90 Å². The molecule has 0 amide bonds. The Bertz CT molecular complexity index is 264. The summed E-state index contributed by atoms with van der Waals surface area (Å²) in [5.41, 5.74) is 0.276. The maximum absolute atomic E-state index is 10.5. The summed E-state index contributed by atoms with van der Waals surface area (Å²) in [5, 5.41) is 10.5. The molecule has 1 N–H and O–H groups in total. The molecule has 1 saturated carbocycles. The van der Waals surface area contributed by atoms with Crippen molar-refractivity contribution in [2.24, 2.45) is 0 Å². The van der Waals surface area contributed by atoms with E-state index in [1.165, 1.54) is 83.5 Å². The molecule has 1 atom stereocenters. The Balaban J connectivity index is 0.00000484. The average Bonchev–Trinajstić information content (AvgIpc) is 2.50. The molecule has 0 bridgehead atoms. The predicted octanol–water partition coefficient (Wildman–Crippen LogP) is 6.11. The quantitative estimate of drug-likeness (QED) is 0.405. The summed E-state index contributed by atoms with van der Waals surface area (Å²) in [6, 6.07) is 0. The number of unbranched alkanes of at least 4 members (excludes halogenated alkanes) is 7. The molecule has 1 unspecified atom stereocenters. The smallest absolute Gasteiger partial charge is 0.0557 e. The van der Waals surface area contributed by atoms with Crippen molar-refractivity contribution < 1.29 is 5.11 Å². The Labute approximate surface area is 156 Å². The van der Waals surface area contributed by atoms with E-state index in [4.69, 9.17) is 0 Å². The summed E-state index contributed by atoms with van der Waals surface area (Å²) >= 11 is 0. The first-order chi connectivity index (χ1) is 10.6. The number of aliphatic hydroxyl groups excluding tert-OH is 1. The van der Waals surface area contributed by atoms with Gasteiger partial charge in [0.15, 0.2) is 0 Å². The molecule has 0 radical (unpaired) electrons. The molecule has 0 aliphatic heterocycles. The van der Waals surface area contributed by atoms with Crippen molar-refractivity contribution in [2.45, 2.75) is 115 Å². The SMILES string of the molecule is Br.CCCCCCCCCCC(O)CC1(N(C)C)CCCCC1. The molecule has 0 spiro atoms. The first kappa shape index (κ1) is 23.4. The minimum atomic E-state index is -0.0967. The molecule has 3 heteroatoms. The monoisotopic (exact) mass is 391 g/mol. The number of nitrogens with zero attached hydrogens (tertiary/aromatic N) is 1. The zero-order valence-electron chi connectivity index (χ0n) is 16.0. The van der Waals surface area contributed by atoms with E-state index in [1.54, 1.807) is 0 Å². The van der Waals surface area contributed by atoms with Gasteiger partial charge in [0.25, 0.3) is 0 Å². The molecule has 1 fully saturated rings. The molecule has 0 aromatic heterocycles. The van der Waals surface area contributed by atoms with Gasteiger partial charge in [-0.05, 0) is 39.8 Å². The van der Waals surface area contributed by atoms with Gasteiger partial charge in [0, 0.05) is 5.54 Å². The van der Waals surface area contributed by atoms with Gasteiger partial charge in [-0.3, -0.25) is 0 Å². The number of rotatable bonds is 12. The van der Waals surface area contributed by atoms with Crippen LogP contribution in [0.1, 0.15) is 103 Å². The topological polar surface area (TPSA) is 23.5 Å². The minimum Gasteiger partial charge on any atom is -0.393 e. The highest BCUT2D eigenvalue weighted by atomic mass is 79.9. The minimum absolute atomic E-state index is 0. The number of hydrogen-bond acceptors (Lipinski definition) is 2. The van der Waals surface area contributed by atoms with Gasteiger partial charge in [0.2, 0.25) is 0 Å². The highest BCUT2D eigenvalue weighted by Crippen LogP contribution is 2.36. The van der Waals surface area contributed by atoms with E-state index in [-0.39, 0.29) is 28.6 Å². The molecule has 1 rings (SSSR count). The molecule has 1 aliphatic rings. The Morgan fingerprint density at radius 3 is 1.91 bits per heavy atom. The van der Waals surface area contributed by atoms with Gasteiger partial charge in [-0.25, -0.2) is 0 Å². The molecule has 0 aromatic rings. The third-order valence-electron chi connectivity index (χ3n) is 5.74. The van der Waals surface area contributed by atoms with Crippen LogP contribution >= 0.6 is 17.0 Å². The first-order valence-corrected chi connectivity index (χ1v) is 9.96. The van der Waals surface area contributed by atoms with E-state index in [0.29, 0.717) is 0 Å². The molecule has 23 heavy (non-hydrogen) atoms. The molecule has 0 aromatic carbocycles. The van der Waals surface area contributed by atoms with Crippen LogP contribution < -0.4 is 0 Å². The Hall–Kier alpha value is 0.400. The van der Waals surface area contributed by atoms with E-state index in [2.05, 4.69) is 25.9 Å². The summed E-state index contributed by atoms with van der Waals surface area (Å²) in [6.07, 6.45) is 19.3. The zero-order chi connectivity index (χ0) is 16.3. The van der Waals surface area contributed by atoms with Gasteiger partial charge in [0.05, 0.1) is 6.10 Å². The lowest BCUT2D eigenvalue weighted by Crippen LogP contribution is -2.48. The van der Waals surface area contributed by atoms with Gasteiger partial charge >= 0.3 is 0 Å². The second-order valence-electron chi connectivity index (χ2n) is 7.80. The van der Waals surface area contributed by atoms with Crippen molar-refractivity contribution in [3.05, 3.63) is 0 Å². The van der Waals surface area contributed by atoms with Crippen LogP contribution in [0.15, 0.2) is 0 Å². The fraction of sp³-hybridized carbons (Fsp3) is 1.00. The van der Waals surface area contributed by atoms with Crippen molar-refractivity contribution in [3.8, 4) is 0 Å². The summed E-state index contributed by atoms with van der Waals surface area (Å²) in [6.45, 7) is 2.27. The number of halogens is 1. The largest absolute Gasteiger partial charge is 0.393 e. The molecular weight excluding hydrogens is 350 g/mol. The van der Waals surface area contributed by atoms with Crippen LogP contribution in [0.2, 0.25) is 0 Å². The number of aliphatic hydroxyl groups is 1. The summed E-state index contributed by atoms with van der Waals surface area (Å²) in [4.78, 5) is 2.39. The van der Waals surface area contributed by atoms with Crippen molar-refractivity contribution in [1.29, 1.82) is 0 Å². The van der Waals surface area contributed by atoms with Crippen molar-refractivity contribution in [3.63, 3.8) is 0 Å². The van der Waals surface area contributed by atoms with Crippen LogP contribution in [0.25, 0.3) is 0 Å². The van der Waals surface area contributed by atoms with Gasteiger partial charge in [-0.1, -0.05) is 77.6 Å². The normalized spacial score (nSPS) is 18.7. The Kier molecular flexibility index (Phi) is 13.9. The fourth-order valence-electron chi connectivity index (χ4n) is 4.10. The molecule has 1 aliphatic carbocycles. The molecule has 0 saturated heterocycles. The third-order valence-corrected chi connectivity index (χ3v) is 5.74. The maximum Gasteiger partial charge on any atom is 0.0557 e. The van der Waals surface area contributed by atoms with Crippen LogP contribution in [-0.4, -0.2) is 35.7 Å². The first-order valence-electron chi connectivity index (χ1n) is 9.96. The van der Waals surface area contributed by atoms with E-state index in [1.807, 2.05) is 0 Å². The van der Waals surface area contributed by atoms with Gasteiger partial charge in [-0.15, -0.1) is 17.0 Å². The van der Waals surface area contributed by atoms with Crippen LogP contribution in [0.3, 0.4) is 0 Å².